The molecule has 5 rings (SSSR count). The molecule has 0 aliphatic rings. The smallest absolute Gasteiger partial charge is 0.306 e. The van der Waals surface area contributed by atoms with E-state index < -0.39 is 13.2 Å². The lowest BCUT2D eigenvalue weighted by Gasteiger charge is -2.24. The van der Waals surface area contributed by atoms with Gasteiger partial charge in [-0.2, -0.15) is 0 Å². The third kappa shape index (κ3) is 3.90. The van der Waals surface area contributed by atoms with Crippen molar-refractivity contribution in [3.05, 3.63) is 121 Å². The maximum atomic E-state index is 14.6. The third-order valence-electron chi connectivity index (χ3n) is 5.52. The Morgan fingerprint density at radius 2 is 1.21 bits per heavy atom. The Labute approximate surface area is 191 Å². The number of fused-ring (bicyclic) bond motifs is 1. The number of phenolic OH excluding ortho intramolecular Hbond substituents is 1. The highest BCUT2D eigenvalue weighted by molar-refractivity contribution is 7.74. The average molecular weight is 454 g/mol. The normalized spacial score (nSPS) is 11.4. The molecule has 0 aromatic heterocycles. The molecule has 3 nitrogen and oxygen atoms in total. The summed E-state index contributed by atoms with van der Waals surface area (Å²) in [6.45, 7) is 0. The van der Waals surface area contributed by atoms with Crippen LogP contribution in [-0.2, 0) is 4.57 Å². The van der Waals surface area contributed by atoms with E-state index in [0.717, 1.165) is 5.56 Å². The molecule has 33 heavy (non-hydrogen) atoms. The second-order valence-corrected chi connectivity index (χ2v) is 9.96. The summed E-state index contributed by atoms with van der Waals surface area (Å²) in [7, 11) is -3.63. The number of rotatable bonds is 5. The van der Waals surface area contributed by atoms with Crippen LogP contribution in [0.25, 0.3) is 21.9 Å². The minimum absolute atomic E-state index is 0.00884. The summed E-state index contributed by atoms with van der Waals surface area (Å²) in [5, 5.41) is 12.5. The van der Waals surface area contributed by atoms with E-state index in [2.05, 4.69) is 0 Å². The molecule has 0 radical (unpaired) electrons. The van der Waals surface area contributed by atoms with Crippen LogP contribution in [0.2, 0.25) is 0 Å². The molecule has 0 amide bonds. The van der Waals surface area contributed by atoms with Crippen molar-refractivity contribution in [3.8, 4) is 22.6 Å². The first-order valence-corrected chi connectivity index (χ1v) is 12.1. The molecule has 0 saturated heterocycles. The standard InChI is InChI=1S/C28H20FO3P/c29-21-16-17-24-26(18-21)28(25(19-27(24)30)20-10-4-1-5-11-20)32-33(31,22-12-6-2-7-13-22)23-14-8-3-9-15-23/h1-19,30H. The van der Waals surface area contributed by atoms with Gasteiger partial charge in [0.25, 0.3) is 0 Å². The van der Waals surface area contributed by atoms with Gasteiger partial charge >= 0.3 is 7.37 Å². The van der Waals surface area contributed by atoms with Crippen molar-refractivity contribution in [1.29, 1.82) is 0 Å². The topological polar surface area (TPSA) is 46.5 Å². The Hall–Kier alpha value is -3.88. The fraction of sp³-hybridized carbons (Fsp3) is 0. The zero-order chi connectivity index (χ0) is 22.8. The lowest BCUT2D eigenvalue weighted by atomic mass is 9.99. The summed E-state index contributed by atoms with van der Waals surface area (Å²) in [6, 6.07) is 33.0. The van der Waals surface area contributed by atoms with Crippen LogP contribution in [0, 0.1) is 5.82 Å². The van der Waals surface area contributed by atoms with Gasteiger partial charge in [-0.3, -0.25) is 4.57 Å². The molecule has 0 aliphatic heterocycles. The first kappa shape index (κ1) is 21.0. The molecule has 0 atom stereocenters. The Balaban J connectivity index is 1.82. The summed E-state index contributed by atoms with van der Waals surface area (Å²) in [6.07, 6.45) is 0. The van der Waals surface area contributed by atoms with Crippen LogP contribution in [0.3, 0.4) is 0 Å². The first-order valence-electron chi connectivity index (χ1n) is 10.5. The van der Waals surface area contributed by atoms with E-state index in [1.807, 2.05) is 42.5 Å². The molecule has 5 aromatic rings. The lowest BCUT2D eigenvalue weighted by Crippen LogP contribution is -2.20. The monoisotopic (exact) mass is 454 g/mol. The highest BCUT2D eigenvalue weighted by Crippen LogP contribution is 2.51. The first-order chi connectivity index (χ1) is 16.1. The van der Waals surface area contributed by atoms with Gasteiger partial charge in [-0.05, 0) is 54.1 Å². The van der Waals surface area contributed by atoms with E-state index in [1.54, 1.807) is 54.6 Å². The Kier molecular flexibility index (Phi) is 5.45. The van der Waals surface area contributed by atoms with E-state index in [9.17, 15) is 14.1 Å². The molecule has 0 heterocycles. The third-order valence-corrected chi connectivity index (χ3v) is 7.92. The zero-order valence-corrected chi connectivity index (χ0v) is 18.5. The van der Waals surface area contributed by atoms with E-state index in [0.29, 0.717) is 26.9 Å². The van der Waals surface area contributed by atoms with Gasteiger partial charge in [0.1, 0.15) is 17.3 Å². The summed E-state index contributed by atoms with van der Waals surface area (Å²) in [4.78, 5) is 0. The fourth-order valence-corrected chi connectivity index (χ4v) is 6.01. The van der Waals surface area contributed by atoms with Crippen LogP contribution >= 0.6 is 7.37 Å². The number of aromatic hydroxyl groups is 1. The molecule has 5 heteroatoms. The number of benzene rings is 5. The number of hydrogen-bond donors (Lipinski definition) is 1. The van der Waals surface area contributed by atoms with Crippen LogP contribution in [-0.4, -0.2) is 5.11 Å². The van der Waals surface area contributed by atoms with Crippen molar-refractivity contribution in [2.24, 2.45) is 0 Å². The summed E-state index contributed by atoms with van der Waals surface area (Å²) in [5.41, 5.74) is 1.28. The Morgan fingerprint density at radius 3 is 1.79 bits per heavy atom. The molecule has 0 aliphatic carbocycles. The molecular formula is C28H20FO3P. The second kappa shape index (κ2) is 8.57. The molecule has 162 valence electrons. The van der Waals surface area contributed by atoms with Gasteiger partial charge in [-0.15, -0.1) is 0 Å². The molecule has 0 unspecified atom stereocenters. The number of hydrogen-bond acceptors (Lipinski definition) is 3. The number of phenols is 1. The van der Waals surface area contributed by atoms with Gasteiger partial charge in [-0.1, -0.05) is 66.7 Å². The van der Waals surface area contributed by atoms with E-state index >= 15 is 0 Å². The molecule has 0 fully saturated rings. The SMILES string of the molecule is O=P(Oc1c(-c2ccccc2)cc(O)c2ccc(F)cc12)(c1ccccc1)c1ccccc1. The van der Waals surface area contributed by atoms with Crippen molar-refractivity contribution >= 4 is 28.8 Å². The second-order valence-electron chi connectivity index (χ2n) is 7.64. The minimum atomic E-state index is -3.63. The molecule has 0 spiro atoms. The maximum absolute atomic E-state index is 14.6. The van der Waals surface area contributed by atoms with Crippen molar-refractivity contribution in [2.45, 2.75) is 0 Å². The van der Waals surface area contributed by atoms with Crippen LogP contribution in [0.4, 0.5) is 4.39 Å². The molecular weight excluding hydrogens is 434 g/mol. The molecule has 1 N–H and O–H groups in total. The molecule has 0 bridgehead atoms. The van der Waals surface area contributed by atoms with Crippen LogP contribution in [0.5, 0.6) is 11.5 Å². The average Bonchev–Trinajstić information content (AvgIpc) is 2.87. The fourth-order valence-electron chi connectivity index (χ4n) is 3.91. The zero-order valence-electron chi connectivity index (χ0n) is 17.6. The largest absolute Gasteiger partial charge is 0.507 e. The van der Waals surface area contributed by atoms with E-state index in [4.69, 9.17) is 4.52 Å². The quantitative estimate of drug-likeness (QED) is 0.302. The van der Waals surface area contributed by atoms with Crippen molar-refractivity contribution in [2.75, 3.05) is 0 Å². The Morgan fingerprint density at radius 1 is 0.667 bits per heavy atom. The number of halogens is 1. The minimum Gasteiger partial charge on any atom is -0.507 e. The van der Waals surface area contributed by atoms with Gasteiger partial charge in [0.15, 0.2) is 0 Å². The summed E-state index contributed by atoms with van der Waals surface area (Å²) >= 11 is 0. The van der Waals surface area contributed by atoms with Gasteiger partial charge in [0.2, 0.25) is 0 Å². The predicted molar refractivity (Wildman–Crippen MR) is 131 cm³/mol. The van der Waals surface area contributed by atoms with Gasteiger partial charge in [-0.25, -0.2) is 4.39 Å². The van der Waals surface area contributed by atoms with Crippen molar-refractivity contribution in [1.82, 2.24) is 0 Å². The van der Waals surface area contributed by atoms with Crippen LogP contribution in [0.15, 0.2) is 115 Å². The molecule has 5 aromatic carbocycles. The van der Waals surface area contributed by atoms with Crippen molar-refractivity contribution in [3.63, 3.8) is 0 Å². The van der Waals surface area contributed by atoms with Crippen molar-refractivity contribution < 1.29 is 18.6 Å². The van der Waals surface area contributed by atoms with Crippen LogP contribution in [0.1, 0.15) is 0 Å². The lowest BCUT2D eigenvalue weighted by molar-refractivity contribution is 0.479. The highest BCUT2D eigenvalue weighted by atomic mass is 31.2. The van der Waals surface area contributed by atoms with Gasteiger partial charge < -0.3 is 9.63 Å². The highest BCUT2D eigenvalue weighted by Gasteiger charge is 2.32. The van der Waals surface area contributed by atoms with E-state index in [1.165, 1.54) is 18.2 Å². The van der Waals surface area contributed by atoms with Gasteiger partial charge in [0, 0.05) is 16.3 Å². The maximum Gasteiger partial charge on any atom is 0.306 e. The predicted octanol–water partition coefficient (Wildman–Crippen LogP) is 6.66. The van der Waals surface area contributed by atoms with E-state index in [-0.39, 0.29) is 11.5 Å². The van der Waals surface area contributed by atoms with Crippen LogP contribution < -0.4 is 15.1 Å². The molecule has 0 saturated carbocycles. The summed E-state index contributed by atoms with van der Waals surface area (Å²) in [5.74, 6) is -0.235. The van der Waals surface area contributed by atoms with Gasteiger partial charge in [0.05, 0.1) is 10.6 Å². The Bertz CT molecular complexity index is 1430. The summed E-state index contributed by atoms with van der Waals surface area (Å²) < 4.78 is 35.4.